The molecule has 1 aromatic carbocycles. The summed E-state index contributed by atoms with van der Waals surface area (Å²) in [5, 5.41) is 0. The third kappa shape index (κ3) is 3.14. The van der Waals surface area contributed by atoms with Crippen LogP contribution in [0.25, 0.3) is 0 Å². The first-order chi connectivity index (χ1) is 7.49. The normalized spacial score (nSPS) is 11.3. The molecule has 3 heteroatoms. The van der Waals surface area contributed by atoms with Gasteiger partial charge in [0.05, 0.1) is 13.2 Å². The number of nitrogens with two attached hydrogens (primary N) is 1. The summed E-state index contributed by atoms with van der Waals surface area (Å²) in [4.78, 5) is 0. The van der Waals surface area contributed by atoms with Crippen molar-refractivity contribution in [1.82, 2.24) is 0 Å². The maximum atomic E-state index is 6.05. The molecule has 0 atom stereocenters. The second kappa shape index (κ2) is 5.21. The molecule has 0 aliphatic carbocycles. The molecule has 3 nitrogen and oxygen atoms in total. The van der Waals surface area contributed by atoms with Crippen LogP contribution in [0.5, 0.6) is 11.5 Å². The molecule has 0 aromatic heterocycles. The van der Waals surface area contributed by atoms with Gasteiger partial charge in [0.1, 0.15) is 0 Å². The third-order valence-electron chi connectivity index (χ3n) is 2.29. The SMILES string of the molecule is CCOc1ccc(C(C)(C)N)cc1OCC. The molecule has 0 aliphatic heterocycles. The average molecular weight is 223 g/mol. The van der Waals surface area contributed by atoms with Crippen LogP contribution in [0.15, 0.2) is 18.2 Å². The zero-order valence-electron chi connectivity index (χ0n) is 10.5. The van der Waals surface area contributed by atoms with Crippen LogP contribution in [-0.4, -0.2) is 13.2 Å². The van der Waals surface area contributed by atoms with Gasteiger partial charge in [-0.2, -0.15) is 0 Å². The van der Waals surface area contributed by atoms with Crippen molar-refractivity contribution < 1.29 is 9.47 Å². The Balaban J connectivity index is 3.06. The van der Waals surface area contributed by atoms with E-state index in [4.69, 9.17) is 15.2 Å². The number of ether oxygens (including phenoxy) is 2. The molecule has 0 amide bonds. The predicted molar refractivity (Wildman–Crippen MR) is 66.0 cm³/mol. The van der Waals surface area contributed by atoms with Crippen molar-refractivity contribution in [3.63, 3.8) is 0 Å². The molecule has 90 valence electrons. The Hall–Kier alpha value is -1.22. The Morgan fingerprint density at radius 3 is 2.12 bits per heavy atom. The number of rotatable bonds is 5. The fraction of sp³-hybridized carbons (Fsp3) is 0.538. The van der Waals surface area contributed by atoms with Gasteiger partial charge in [-0.25, -0.2) is 0 Å². The highest BCUT2D eigenvalue weighted by Crippen LogP contribution is 2.31. The standard InChI is InChI=1S/C13H21NO2/c1-5-15-11-8-7-10(13(3,4)14)9-12(11)16-6-2/h7-9H,5-6,14H2,1-4H3. The van der Waals surface area contributed by atoms with Crippen LogP contribution in [-0.2, 0) is 5.54 Å². The molecular formula is C13H21NO2. The molecule has 0 saturated carbocycles. The topological polar surface area (TPSA) is 44.5 Å². The highest BCUT2D eigenvalue weighted by Gasteiger charge is 2.16. The minimum absolute atomic E-state index is 0.364. The molecule has 0 unspecified atom stereocenters. The minimum Gasteiger partial charge on any atom is -0.490 e. The van der Waals surface area contributed by atoms with E-state index in [0.717, 1.165) is 17.1 Å². The van der Waals surface area contributed by atoms with E-state index in [-0.39, 0.29) is 5.54 Å². The smallest absolute Gasteiger partial charge is 0.161 e. The largest absolute Gasteiger partial charge is 0.490 e. The van der Waals surface area contributed by atoms with Crippen LogP contribution in [0, 0.1) is 0 Å². The van der Waals surface area contributed by atoms with Crippen LogP contribution in [0.2, 0.25) is 0 Å². The number of benzene rings is 1. The summed E-state index contributed by atoms with van der Waals surface area (Å²) in [7, 11) is 0. The van der Waals surface area contributed by atoms with Crippen molar-refractivity contribution in [1.29, 1.82) is 0 Å². The van der Waals surface area contributed by atoms with Crippen LogP contribution in [0.3, 0.4) is 0 Å². The van der Waals surface area contributed by atoms with Crippen molar-refractivity contribution in [2.75, 3.05) is 13.2 Å². The quantitative estimate of drug-likeness (QED) is 0.834. The van der Waals surface area contributed by atoms with E-state index in [1.165, 1.54) is 0 Å². The molecule has 0 spiro atoms. The molecule has 16 heavy (non-hydrogen) atoms. The molecule has 1 rings (SSSR count). The molecular weight excluding hydrogens is 202 g/mol. The van der Waals surface area contributed by atoms with Gasteiger partial charge in [-0.1, -0.05) is 6.07 Å². The first-order valence-electron chi connectivity index (χ1n) is 5.68. The lowest BCUT2D eigenvalue weighted by molar-refractivity contribution is 0.287. The third-order valence-corrected chi connectivity index (χ3v) is 2.29. The van der Waals surface area contributed by atoms with Gasteiger partial charge < -0.3 is 15.2 Å². The predicted octanol–water partition coefficient (Wildman–Crippen LogP) is 2.68. The maximum Gasteiger partial charge on any atom is 0.161 e. The molecule has 0 saturated heterocycles. The van der Waals surface area contributed by atoms with Gasteiger partial charge in [0.25, 0.3) is 0 Å². The Morgan fingerprint density at radius 2 is 1.62 bits per heavy atom. The zero-order chi connectivity index (χ0) is 12.2. The summed E-state index contributed by atoms with van der Waals surface area (Å²) in [6.07, 6.45) is 0. The fourth-order valence-corrected chi connectivity index (χ4v) is 1.45. The zero-order valence-corrected chi connectivity index (χ0v) is 10.5. The molecule has 0 fully saturated rings. The summed E-state index contributed by atoms with van der Waals surface area (Å²) in [6, 6.07) is 5.85. The molecule has 0 bridgehead atoms. The molecule has 0 heterocycles. The van der Waals surface area contributed by atoms with E-state index in [0.29, 0.717) is 13.2 Å². The van der Waals surface area contributed by atoms with E-state index < -0.39 is 0 Å². The minimum atomic E-state index is -0.364. The van der Waals surface area contributed by atoms with E-state index in [2.05, 4.69) is 0 Å². The van der Waals surface area contributed by atoms with Gasteiger partial charge in [-0.05, 0) is 45.4 Å². The van der Waals surface area contributed by atoms with Gasteiger partial charge >= 0.3 is 0 Å². The van der Waals surface area contributed by atoms with Crippen LogP contribution in [0.4, 0.5) is 0 Å². The highest BCUT2D eigenvalue weighted by atomic mass is 16.5. The van der Waals surface area contributed by atoms with Crippen LogP contribution < -0.4 is 15.2 Å². The second-order valence-electron chi connectivity index (χ2n) is 4.25. The molecule has 1 aromatic rings. The summed E-state index contributed by atoms with van der Waals surface area (Å²) in [5.41, 5.74) is 6.73. The lowest BCUT2D eigenvalue weighted by Crippen LogP contribution is -2.28. The number of hydrogen-bond donors (Lipinski definition) is 1. The Labute approximate surface area is 97.6 Å². The van der Waals surface area contributed by atoms with E-state index >= 15 is 0 Å². The van der Waals surface area contributed by atoms with Crippen molar-refractivity contribution in [3.05, 3.63) is 23.8 Å². The average Bonchev–Trinajstić information content (AvgIpc) is 2.19. The Morgan fingerprint density at radius 1 is 1.06 bits per heavy atom. The second-order valence-corrected chi connectivity index (χ2v) is 4.25. The van der Waals surface area contributed by atoms with Crippen molar-refractivity contribution in [2.24, 2.45) is 5.73 Å². The molecule has 0 aliphatic rings. The maximum absolute atomic E-state index is 6.05. The Bertz CT molecular complexity index is 342. The fourth-order valence-electron chi connectivity index (χ4n) is 1.45. The Kier molecular flexibility index (Phi) is 4.19. The van der Waals surface area contributed by atoms with Crippen molar-refractivity contribution in [2.45, 2.75) is 33.2 Å². The lowest BCUT2D eigenvalue weighted by atomic mass is 9.95. The van der Waals surface area contributed by atoms with E-state index in [9.17, 15) is 0 Å². The van der Waals surface area contributed by atoms with Crippen molar-refractivity contribution in [3.8, 4) is 11.5 Å². The summed E-state index contributed by atoms with van der Waals surface area (Å²) in [5.74, 6) is 1.54. The number of hydrogen-bond acceptors (Lipinski definition) is 3. The lowest BCUT2D eigenvalue weighted by Gasteiger charge is -2.21. The first kappa shape index (κ1) is 12.8. The summed E-state index contributed by atoms with van der Waals surface area (Å²) >= 11 is 0. The summed E-state index contributed by atoms with van der Waals surface area (Å²) in [6.45, 7) is 9.10. The molecule has 2 N–H and O–H groups in total. The van der Waals surface area contributed by atoms with Gasteiger partial charge in [0.15, 0.2) is 11.5 Å². The molecule has 0 radical (unpaired) electrons. The van der Waals surface area contributed by atoms with E-state index in [1.54, 1.807) is 0 Å². The van der Waals surface area contributed by atoms with Crippen LogP contribution in [0.1, 0.15) is 33.3 Å². The summed E-state index contributed by atoms with van der Waals surface area (Å²) < 4.78 is 11.0. The van der Waals surface area contributed by atoms with Gasteiger partial charge in [0, 0.05) is 5.54 Å². The van der Waals surface area contributed by atoms with Crippen LogP contribution >= 0.6 is 0 Å². The van der Waals surface area contributed by atoms with Gasteiger partial charge in [-0.3, -0.25) is 0 Å². The monoisotopic (exact) mass is 223 g/mol. The highest BCUT2D eigenvalue weighted by molar-refractivity contribution is 5.44. The van der Waals surface area contributed by atoms with Gasteiger partial charge in [0.2, 0.25) is 0 Å². The van der Waals surface area contributed by atoms with E-state index in [1.807, 2.05) is 45.9 Å². The first-order valence-corrected chi connectivity index (χ1v) is 5.68. The van der Waals surface area contributed by atoms with Crippen molar-refractivity contribution >= 4 is 0 Å². The van der Waals surface area contributed by atoms with Gasteiger partial charge in [-0.15, -0.1) is 0 Å².